The van der Waals surface area contributed by atoms with Gasteiger partial charge in [-0.05, 0) is 42.4 Å². The maximum atomic E-state index is 14.0. The van der Waals surface area contributed by atoms with Gasteiger partial charge in [0.05, 0.1) is 6.04 Å². The van der Waals surface area contributed by atoms with Gasteiger partial charge in [-0.2, -0.15) is 0 Å². The van der Waals surface area contributed by atoms with Gasteiger partial charge in [0.2, 0.25) is 0 Å². The molecule has 0 radical (unpaired) electrons. The van der Waals surface area contributed by atoms with E-state index in [0.29, 0.717) is 12.1 Å². The van der Waals surface area contributed by atoms with E-state index in [4.69, 9.17) is 0 Å². The van der Waals surface area contributed by atoms with Crippen molar-refractivity contribution in [2.75, 3.05) is 25.5 Å². The summed E-state index contributed by atoms with van der Waals surface area (Å²) in [5.41, 5.74) is 2.30. The molecule has 0 heterocycles. The normalized spacial score (nSPS) is 12.2. The average molecular weight is 290 g/mol. The van der Waals surface area contributed by atoms with Crippen LogP contribution in [0.5, 0.6) is 0 Å². The van der Waals surface area contributed by atoms with Crippen LogP contribution in [0.15, 0.2) is 42.5 Å². The maximum absolute atomic E-state index is 14.0. The third-order valence-corrected chi connectivity index (χ3v) is 3.42. The lowest BCUT2D eigenvalue weighted by molar-refractivity contribution is 0.545. The summed E-state index contributed by atoms with van der Waals surface area (Å²) < 4.78 is 27.5. The van der Waals surface area contributed by atoms with Gasteiger partial charge in [0.25, 0.3) is 0 Å². The lowest BCUT2D eigenvalue weighted by Gasteiger charge is -2.21. The first kappa shape index (κ1) is 15.4. The van der Waals surface area contributed by atoms with Gasteiger partial charge in [-0.25, -0.2) is 8.78 Å². The topological polar surface area (TPSA) is 15.3 Å². The molecular weight excluding hydrogens is 270 g/mol. The molecule has 2 nitrogen and oxygen atoms in total. The van der Waals surface area contributed by atoms with E-state index in [2.05, 4.69) is 5.32 Å². The molecule has 0 spiro atoms. The summed E-state index contributed by atoms with van der Waals surface area (Å²) in [6.07, 6.45) is 0. The zero-order valence-corrected chi connectivity index (χ0v) is 12.5. The third-order valence-electron chi connectivity index (χ3n) is 3.42. The zero-order chi connectivity index (χ0) is 15.4. The van der Waals surface area contributed by atoms with Crippen LogP contribution in [0.3, 0.4) is 0 Å². The Morgan fingerprint density at radius 1 is 1.05 bits per heavy atom. The molecule has 0 aliphatic carbocycles. The Kier molecular flexibility index (Phi) is 4.91. The number of rotatable bonds is 5. The van der Waals surface area contributed by atoms with Crippen molar-refractivity contribution in [3.8, 4) is 0 Å². The number of hydrogen-bond donors (Lipinski definition) is 1. The van der Waals surface area contributed by atoms with E-state index >= 15 is 0 Å². The minimum atomic E-state index is -0.431. The second-order valence-corrected chi connectivity index (χ2v) is 5.14. The van der Waals surface area contributed by atoms with Gasteiger partial charge in [-0.15, -0.1) is 0 Å². The summed E-state index contributed by atoms with van der Waals surface area (Å²) >= 11 is 0. The van der Waals surface area contributed by atoms with Crippen molar-refractivity contribution in [1.82, 2.24) is 5.32 Å². The predicted molar refractivity (Wildman–Crippen MR) is 82.6 cm³/mol. The summed E-state index contributed by atoms with van der Waals surface area (Å²) in [6.45, 7) is 2.61. The monoisotopic (exact) mass is 290 g/mol. The van der Waals surface area contributed by atoms with Gasteiger partial charge in [-0.3, -0.25) is 0 Å². The van der Waals surface area contributed by atoms with Gasteiger partial charge < -0.3 is 10.2 Å². The molecule has 0 bridgehead atoms. The molecule has 1 atom stereocenters. The van der Waals surface area contributed by atoms with Crippen LogP contribution in [0.4, 0.5) is 14.5 Å². The molecule has 0 fully saturated rings. The minimum Gasteiger partial charge on any atom is -0.378 e. The van der Waals surface area contributed by atoms with Crippen LogP contribution in [-0.2, 0) is 0 Å². The fourth-order valence-corrected chi connectivity index (χ4v) is 2.31. The minimum absolute atomic E-state index is 0.328. The largest absolute Gasteiger partial charge is 0.378 e. The lowest BCUT2D eigenvalue weighted by atomic mass is 9.97. The summed E-state index contributed by atoms with van der Waals surface area (Å²) in [5.74, 6) is -0.835. The molecule has 1 N–H and O–H groups in total. The summed E-state index contributed by atoms with van der Waals surface area (Å²) in [4.78, 5) is 1.99. The highest BCUT2D eigenvalue weighted by Crippen LogP contribution is 2.26. The number of anilines is 1. The quantitative estimate of drug-likeness (QED) is 0.902. The standard InChI is InChI=1S/C17H20F2N2/c1-4-20-17(15-11-13(18)7-10-16(15)19)12-5-8-14(9-6-12)21(2)3/h5-11,17,20H,4H2,1-3H3. The van der Waals surface area contributed by atoms with E-state index in [0.717, 1.165) is 17.3 Å². The smallest absolute Gasteiger partial charge is 0.128 e. The third kappa shape index (κ3) is 3.58. The van der Waals surface area contributed by atoms with E-state index in [-0.39, 0.29) is 6.04 Å². The molecule has 0 saturated heterocycles. The number of hydrogen-bond acceptors (Lipinski definition) is 2. The summed E-state index contributed by atoms with van der Waals surface area (Å²) in [6, 6.07) is 11.0. The van der Waals surface area contributed by atoms with Gasteiger partial charge in [-0.1, -0.05) is 19.1 Å². The molecule has 4 heteroatoms. The van der Waals surface area contributed by atoms with Crippen molar-refractivity contribution in [3.05, 3.63) is 65.2 Å². The van der Waals surface area contributed by atoms with Crippen molar-refractivity contribution >= 4 is 5.69 Å². The summed E-state index contributed by atoms with van der Waals surface area (Å²) in [7, 11) is 3.92. The van der Waals surface area contributed by atoms with Crippen LogP contribution >= 0.6 is 0 Å². The predicted octanol–water partition coefficient (Wildman–Crippen LogP) is 3.73. The van der Waals surface area contributed by atoms with Crippen LogP contribution in [0.2, 0.25) is 0 Å². The van der Waals surface area contributed by atoms with E-state index in [1.54, 1.807) is 0 Å². The molecule has 0 amide bonds. The van der Waals surface area contributed by atoms with Crippen LogP contribution in [0.25, 0.3) is 0 Å². The molecule has 2 aromatic rings. The van der Waals surface area contributed by atoms with Crippen LogP contribution in [0, 0.1) is 11.6 Å². The van der Waals surface area contributed by atoms with E-state index in [1.807, 2.05) is 50.2 Å². The Bertz CT molecular complexity index is 594. The van der Waals surface area contributed by atoms with Gasteiger partial charge in [0.15, 0.2) is 0 Å². The average Bonchev–Trinajstić information content (AvgIpc) is 2.48. The molecule has 0 aliphatic rings. The van der Waals surface area contributed by atoms with Crippen LogP contribution in [0.1, 0.15) is 24.1 Å². The molecule has 1 unspecified atom stereocenters. The van der Waals surface area contributed by atoms with Crippen molar-refractivity contribution in [1.29, 1.82) is 0 Å². The highest BCUT2D eigenvalue weighted by atomic mass is 19.1. The molecule has 2 rings (SSSR count). The molecular formula is C17H20F2N2. The highest BCUT2D eigenvalue weighted by molar-refractivity contribution is 5.47. The maximum Gasteiger partial charge on any atom is 0.128 e. The van der Waals surface area contributed by atoms with Crippen molar-refractivity contribution < 1.29 is 8.78 Å². The summed E-state index contributed by atoms with van der Waals surface area (Å²) in [5, 5.41) is 3.21. The Morgan fingerprint density at radius 2 is 1.71 bits per heavy atom. The molecule has 0 aliphatic heterocycles. The Labute approximate surface area is 124 Å². The second-order valence-electron chi connectivity index (χ2n) is 5.14. The van der Waals surface area contributed by atoms with E-state index < -0.39 is 11.6 Å². The Morgan fingerprint density at radius 3 is 2.29 bits per heavy atom. The Hall–Kier alpha value is -1.94. The molecule has 0 saturated carbocycles. The molecule has 21 heavy (non-hydrogen) atoms. The number of nitrogens with zero attached hydrogens (tertiary/aromatic N) is 1. The number of nitrogens with one attached hydrogen (secondary N) is 1. The van der Waals surface area contributed by atoms with Gasteiger partial charge in [0, 0.05) is 25.3 Å². The number of halogens is 2. The fourth-order valence-electron chi connectivity index (χ4n) is 2.31. The van der Waals surface area contributed by atoms with E-state index in [1.165, 1.54) is 12.1 Å². The first-order valence-corrected chi connectivity index (χ1v) is 6.98. The van der Waals surface area contributed by atoms with E-state index in [9.17, 15) is 8.78 Å². The molecule has 0 aromatic heterocycles. The van der Waals surface area contributed by atoms with Gasteiger partial charge >= 0.3 is 0 Å². The molecule has 112 valence electrons. The van der Waals surface area contributed by atoms with Crippen molar-refractivity contribution in [2.24, 2.45) is 0 Å². The van der Waals surface area contributed by atoms with Gasteiger partial charge in [0.1, 0.15) is 11.6 Å². The van der Waals surface area contributed by atoms with Crippen LogP contribution in [-0.4, -0.2) is 20.6 Å². The van der Waals surface area contributed by atoms with Crippen molar-refractivity contribution in [3.63, 3.8) is 0 Å². The highest BCUT2D eigenvalue weighted by Gasteiger charge is 2.17. The molecule has 2 aromatic carbocycles. The van der Waals surface area contributed by atoms with Crippen LogP contribution < -0.4 is 10.2 Å². The number of benzene rings is 2. The lowest BCUT2D eigenvalue weighted by Crippen LogP contribution is -2.23. The van der Waals surface area contributed by atoms with Crippen molar-refractivity contribution in [2.45, 2.75) is 13.0 Å². The zero-order valence-electron chi connectivity index (χ0n) is 12.5. The SMILES string of the molecule is CCNC(c1ccc(N(C)C)cc1)c1cc(F)ccc1F. The second kappa shape index (κ2) is 6.68. The first-order chi connectivity index (χ1) is 10.0. The Balaban J connectivity index is 2.40. The fraction of sp³-hybridized carbons (Fsp3) is 0.294. The first-order valence-electron chi connectivity index (χ1n) is 6.98.